The quantitative estimate of drug-likeness (QED) is 0.174. The minimum Gasteiger partial charge on any atom is -0.744 e. The fraction of sp³-hybridized carbons (Fsp3) is 0.750. The number of hydrogen-bond acceptors (Lipinski definition) is 9. The average Bonchev–Trinajstić information content (AvgIpc) is 2.74. The summed E-state index contributed by atoms with van der Waals surface area (Å²) >= 11 is 3.80. The zero-order valence-electron chi connectivity index (χ0n) is 23.2. The van der Waals surface area contributed by atoms with Crippen LogP contribution in [0.15, 0.2) is 29.2 Å². The van der Waals surface area contributed by atoms with E-state index in [4.69, 9.17) is 22.1 Å². The molecule has 0 radical (unpaired) electrons. The second kappa shape index (κ2) is 15.6. The Kier molecular flexibility index (Phi) is 15.2. The lowest BCUT2D eigenvalue weighted by atomic mass is 9.78. The van der Waals surface area contributed by atoms with Crippen molar-refractivity contribution in [3.63, 3.8) is 0 Å². The first-order valence-corrected chi connectivity index (χ1v) is 15.1. The molecule has 0 bridgehead atoms. The van der Waals surface area contributed by atoms with Crippen molar-refractivity contribution in [2.45, 2.75) is 76.4 Å². The van der Waals surface area contributed by atoms with Crippen LogP contribution in [0.2, 0.25) is 0 Å². The fourth-order valence-electron chi connectivity index (χ4n) is 4.25. The normalized spacial score (nSPS) is 17.7. The summed E-state index contributed by atoms with van der Waals surface area (Å²) in [5.74, 6) is 0. The number of nitrogens with zero attached hydrogens (tertiary/aromatic N) is 2. The van der Waals surface area contributed by atoms with Gasteiger partial charge in [0.25, 0.3) is 0 Å². The predicted octanol–water partition coefficient (Wildman–Crippen LogP) is 3.34. The number of ether oxygens (including phenoxy) is 2. The van der Waals surface area contributed by atoms with Gasteiger partial charge in [-0.25, -0.2) is 12.3 Å². The number of rotatable bonds is 9. The number of benzene rings is 1. The van der Waals surface area contributed by atoms with Crippen LogP contribution in [-0.2, 0) is 30.2 Å². The Hall–Kier alpha value is -0.930. The maximum absolute atomic E-state index is 10.4. The molecule has 1 heterocycles. The van der Waals surface area contributed by atoms with Crippen molar-refractivity contribution in [1.29, 1.82) is 0 Å². The first-order chi connectivity index (χ1) is 16.8. The minimum absolute atomic E-state index is 0.164. The summed E-state index contributed by atoms with van der Waals surface area (Å²) in [5, 5.41) is 0. The summed E-state index contributed by atoms with van der Waals surface area (Å²) in [6.45, 7) is 17.2. The van der Waals surface area contributed by atoms with Crippen LogP contribution in [-0.4, -0.2) is 98.2 Å². The summed E-state index contributed by atoms with van der Waals surface area (Å²) < 4.78 is 70.9. The van der Waals surface area contributed by atoms with E-state index in [2.05, 4.69) is 61.9 Å². The standard InChI is InChI=1S/C17H36BrN2O2.C7H8O3S.O3S/c1-8-21-11-12-22-10-9-20(6,7)15-13-16(2,3)19(18)17(4,5)14-15;1-6-2-4-7(5-3-6)11(8,9)10;1-4(2)3/h15H,8-14H2,1-7H3;2-5H,1H3,(H,8,9,10);/q+1;;/p-1. The number of piperidine rings is 1. The Bertz CT molecular complexity index is 1000. The van der Waals surface area contributed by atoms with Gasteiger partial charge in [0.05, 0.1) is 44.9 Å². The molecule has 1 aliphatic heterocycles. The number of likely N-dealkylation sites (N-methyl/N-ethyl adjacent to an activating group) is 1. The molecule has 0 spiro atoms. The Labute approximate surface area is 233 Å². The van der Waals surface area contributed by atoms with Crippen molar-refractivity contribution in [1.82, 2.24) is 3.93 Å². The van der Waals surface area contributed by atoms with Gasteiger partial charge in [0.2, 0.25) is 0 Å². The molecule has 216 valence electrons. The highest BCUT2D eigenvalue weighted by Gasteiger charge is 2.49. The van der Waals surface area contributed by atoms with Crippen LogP contribution in [0.3, 0.4) is 0 Å². The third-order valence-corrected chi connectivity index (χ3v) is 8.99. The largest absolute Gasteiger partial charge is 0.744 e. The summed E-state index contributed by atoms with van der Waals surface area (Å²) in [7, 11) is -2.70. The van der Waals surface area contributed by atoms with Gasteiger partial charge in [0, 0.05) is 46.7 Å². The van der Waals surface area contributed by atoms with Gasteiger partial charge >= 0.3 is 10.6 Å². The summed E-state index contributed by atoms with van der Waals surface area (Å²) in [5.41, 5.74) is 1.26. The minimum atomic E-state index is -4.27. The molecular weight excluding hydrogens is 588 g/mol. The van der Waals surface area contributed by atoms with E-state index in [0.29, 0.717) is 19.3 Å². The zero-order chi connectivity index (χ0) is 29.1. The number of hydrogen-bond donors (Lipinski definition) is 0. The van der Waals surface area contributed by atoms with E-state index >= 15 is 0 Å². The molecule has 13 heteroatoms. The van der Waals surface area contributed by atoms with Gasteiger partial charge in [-0.05, 0) is 53.7 Å². The van der Waals surface area contributed by atoms with Gasteiger partial charge in [0.1, 0.15) is 16.7 Å². The van der Waals surface area contributed by atoms with Crippen molar-refractivity contribution in [3.05, 3.63) is 29.8 Å². The maximum atomic E-state index is 10.4. The maximum Gasteiger partial charge on any atom is 0.425 e. The first-order valence-electron chi connectivity index (χ1n) is 12.0. The molecule has 1 fully saturated rings. The third kappa shape index (κ3) is 14.1. The summed E-state index contributed by atoms with van der Waals surface area (Å²) in [6, 6.07) is 6.43. The van der Waals surface area contributed by atoms with Crippen molar-refractivity contribution in [3.8, 4) is 0 Å². The molecule has 0 unspecified atom stereocenters. The zero-order valence-corrected chi connectivity index (χ0v) is 26.4. The fourth-order valence-corrected chi connectivity index (χ4v) is 5.01. The van der Waals surface area contributed by atoms with E-state index in [1.165, 1.54) is 25.0 Å². The molecule has 10 nitrogen and oxygen atoms in total. The van der Waals surface area contributed by atoms with Crippen molar-refractivity contribution >= 4 is 36.9 Å². The average molecular weight is 632 g/mol. The lowest BCUT2D eigenvalue weighted by Gasteiger charge is -2.55. The molecule has 37 heavy (non-hydrogen) atoms. The second-order valence-corrected chi connectivity index (χ2v) is 13.2. The molecule has 1 aromatic rings. The topological polar surface area (TPSA) is 130 Å². The van der Waals surface area contributed by atoms with Gasteiger partial charge in [-0.1, -0.05) is 17.7 Å². The van der Waals surface area contributed by atoms with Crippen molar-refractivity contribution < 1.29 is 39.6 Å². The smallest absolute Gasteiger partial charge is 0.425 e. The Balaban J connectivity index is 0.000000713. The SMILES string of the molecule is CCOCCOCC[N+](C)(C)C1CC(C)(C)N(Br)C(C)(C)C1.Cc1ccc(S(=O)(=O)[O-])cc1.O=S(=O)=O. The van der Waals surface area contributed by atoms with Gasteiger partial charge in [-0.15, -0.1) is 12.6 Å². The molecule has 0 saturated carbocycles. The van der Waals surface area contributed by atoms with Crippen LogP contribution in [0.1, 0.15) is 53.0 Å². The van der Waals surface area contributed by atoms with Gasteiger partial charge in [0.15, 0.2) is 0 Å². The van der Waals surface area contributed by atoms with E-state index in [0.717, 1.165) is 29.8 Å². The van der Waals surface area contributed by atoms with Gasteiger partial charge in [-0.2, -0.15) is 0 Å². The van der Waals surface area contributed by atoms with E-state index in [-0.39, 0.29) is 16.0 Å². The molecule has 1 saturated heterocycles. The Morgan fingerprint density at radius 1 is 1.00 bits per heavy atom. The molecule has 0 amide bonds. The molecule has 0 aliphatic carbocycles. The van der Waals surface area contributed by atoms with Crippen LogP contribution in [0.5, 0.6) is 0 Å². The van der Waals surface area contributed by atoms with E-state index in [1.54, 1.807) is 12.1 Å². The highest BCUT2D eigenvalue weighted by Crippen LogP contribution is 2.43. The number of quaternary nitrogens is 1. The Morgan fingerprint density at radius 3 is 1.84 bits per heavy atom. The lowest BCUT2D eigenvalue weighted by molar-refractivity contribution is -0.918. The van der Waals surface area contributed by atoms with Crippen LogP contribution < -0.4 is 0 Å². The van der Waals surface area contributed by atoms with E-state index in [1.807, 2.05) is 13.8 Å². The molecule has 0 atom stereocenters. The van der Waals surface area contributed by atoms with Crippen LogP contribution in [0.4, 0.5) is 0 Å². The van der Waals surface area contributed by atoms with E-state index in [9.17, 15) is 13.0 Å². The predicted molar refractivity (Wildman–Crippen MR) is 145 cm³/mol. The molecule has 1 aliphatic rings. The monoisotopic (exact) mass is 630 g/mol. The van der Waals surface area contributed by atoms with Crippen LogP contribution in [0.25, 0.3) is 0 Å². The molecule has 0 aromatic heterocycles. The van der Waals surface area contributed by atoms with Gasteiger partial charge < -0.3 is 18.5 Å². The molecular formula is C24H43BrN2O8S2. The highest BCUT2D eigenvalue weighted by atomic mass is 79.9. The highest BCUT2D eigenvalue weighted by molar-refractivity contribution is 9.07. The number of aryl methyl sites for hydroxylation is 1. The van der Waals surface area contributed by atoms with Crippen molar-refractivity contribution in [2.24, 2.45) is 0 Å². The lowest BCUT2D eigenvalue weighted by Crippen LogP contribution is -2.64. The van der Waals surface area contributed by atoms with Gasteiger partial charge in [-0.3, -0.25) is 0 Å². The summed E-state index contributed by atoms with van der Waals surface area (Å²) in [6.07, 6.45) is 2.38. The molecule has 2 rings (SSSR count). The van der Waals surface area contributed by atoms with Crippen LogP contribution in [0, 0.1) is 6.92 Å². The molecule has 1 aromatic carbocycles. The van der Waals surface area contributed by atoms with E-state index < -0.39 is 20.7 Å². The third-order valence-electron chi connectivity index (χ3n) is 6.22. The first kappa shape index (κ1) is 36.1. The molecule has 0 N–H and O–H groups in total. The summed E-state index contributed by atoms with van der Waals surface area (Å²) in [4.78, 5) is -0.178. The van der Waals surface area contributed by atoms with Crippen molar-refractivity contribution in [2.75, 3.05) is 47.1 Å². The number of halogens is 1. The second-order valence-electron chi connectivity index (χ2n) is 10.8. The Morgan fingerprint density at radius 2 is 1.43 bits per heavy atom. The van der Waals surface area contributed by atoms with Crippen LogP contribution >= 0.6 is 16.1 Å².